The van der Waals surface area contributed by atoms with Crippen molar-refractivity contribution in [3.8, 4) is 0 Å². The summed E-state index contributed by atoms with van der Waals surface area (Å²) in [6.07, 6.45) is 10.1. The van der Waals surface area contributed by atoms with Crippen LogP contribution in [0.25, 0.3) is 0 Å². The molecule has 1 aliphatic carbocycles. The molecule has 0 aromatic heterocycles. The molecule has 3 nitrogen and oxygen atoms in total. The smallest absolute Gasteiger partial charge is 0.317 e. The molecule has 4 heteroatoms. The predicted octanol–water partition coefficient (Wildman–Crippen LogP) is -2.44. The molecule has 1 unspecified atom stereocenters. The maximum absolute atomic E-state index is 11.7. The number of esters is 1. The Bertz CT molecular complexity index is 364. The van der Waals surface area contributed by atoms with Gasteiger partial charge in [0.1, 0.15) is 5.92 Å². The topological polar surface area (TPSA) is 42.9 Å². The van der Waals surface area contributed by atoms with Crippen LogP contribution in [0.15, 0.2) is 35.5 Å². The van der Waals surface area contributed by atoms with Crippen molar-refractivity contribution in [2.24, 2.45) is 5.92 Å². The Labute approximate surface area is 108 Å². The maximum Gasteiger partial charge on any atom is 0.317 e. The zero-order valence-corrected chi connectivity index (χ0v) is 10.7. The van der Waals surface area contributed by atoms with E-state index >= 15 is 0 Å². The third-order valence-electron chi connectivity index (χ3n) is 3.19. The van der Waals surface area contributed by atoms with Crippen molar-refractivity contribution in [1.82, 2.24) is 0 Å². The number of rotatable bonds is 1. The molecule has 1 atom stereocenters. The summed E-state index contributed by atoms with van der Waals surface area (Å²) < 4.78 is 4.84. The molecule has 0 amide bonds. The fourth-order valence-corrected chi connectivity index (χ4v) is 2.32. The number of carbonyl (C=O) groups excluding carboxylic acids is 1. The zero-order valence-electron chi connectivity index (χ0n) is 9.99. The average molecular weight is 256 g/mol. The van der Waals surface area contributed by atoms with E-state index in [0.29, 0.717) is 0 Å². The molecule has 2 N–H and O–H groups in total. The van der Waals surface area contributed by atoms with E-state index in [9.17, 15) is 4.79 Å². The van der Waals surface area contributed by atoms with Gasteiger partial charge in [0.05, 0.1) is 20.2 Å². The number of nitrogens with two attached hydrogens (primary N) is 1. The van der Waals surface area contributed by atoms with Crippen LogP contribution in [0.5, 0.6) is 0 Å². The second-order valence-electron chi connectivity index (χ2n) is 4.17. The Morgan fingerprint density at radius 2 is 2.06 bits per heavy atom. The third-order valence-corrected chi connectivity index (χ3v) is 3.19. The molecule has 17 heavy (non-hydrogen) atoms. The van der Waals surface area contributed by atoms with Crippen molar-refractivity contribution in [3.63, 3.8) is 0 Å². The van der Waals surface area contributed by atoms with Crippen molar-refractivity contribution in [2.45, 2.75) is 12.8 Å². The lowest BCUT2D eigenvalue weighted by atomic mass is 9.87. The summed E-state index contributed by atoms with van der Waals surface area (Å²) in [6, 6.07) is 0. The van der Waals surface area contributed by atoms with Crippen molar-refractivity contribution in [3.05, 3.63) is 35.5 Å². The summed E-state index contributed by atoms with van der Waals surface area (Å²) in [5.41, 5.74) is 2.57. The number of allylic oxidation sites excluding steroid dienone is 3. The first-order chi connectivity index (χ1) is 7.83. The van der Waals surface area contributed by atoms with E-state index in [1.807, 2.05) is 18.2 Å². The van der Waals surface area contributed by atoms with E-state index in [-0.39, 0.29) is 24.3 Å². The van der Waals surface area contributed by atoms with Gasteiger partial charge in [0.15, 0.2) is 0 Å². The monoisotopic (exact) mass is 255 g/mol. The minimum Gasteiger partial charge on any atom is -1.00 e. The lowest BCUT2D eigenvalue weighted by molar-refractivity contribution is -0.658. The van der Waals surface area contributed by atoms with E-state index in [2.05, 4.69) is 11.4 Å². The SMILES string of the molecule is COC(=O)C1C=CC=CC1=C1CC[NH2+]CC1.[Cl-]. The second kappa shape index (κ2) is 6.62. The molecule has 1 heterocycles. The lowest BCUT2D eigenvalue weighted by Crippen LogP contribution is -3.00. The van der Waals surface area contributed by atoms with Crippen molar-refractivity contribution in [1.29, 1.82) is 0 Å². The minimum absolute atomic E-state index is 0. The summed E-state index contributed by atoms with van der Waals surface area (Å²) in [5, 5.41) is 2.32. The Morgan fingerprint density at radius 3 is 2.71 bits per heavy atom. The summed E-state index contributed by atoms with van der Waals surface area (Å²) in [5.74, 6) is -0.347. The van der Waals surface area contributed by atoms with Crippen LogP contribution in [-0.4, -0.2) is 26.2 Å². The quantitative estimate of drug-likeness (QED) is 0.529. The molecular weight excluding hydrogens is 238 g/mol. The van der Waals surface area contributed by atoms with Crippen LogP contribution in [0.1, 0.15) is 12.8 Å². The van der Waals surface area contributed by atoms with Crippen molar-refractivity contribution < 1.29 is 27.3 Å². The number of halogens is 1. The van der Waals surface area contributed by atoms with Crippen LogP contribution >= 0.6 is 0 Å². The molecule has 0 aromatic carbocycles. The first-order valence-corrected chi connectivity index (χ1v) is 5.79. The predicted molar refractivity (Wildman–Crippen MR) is 61.7 cm³/mol. The van der Waals surface area contributed by atoms with Gasteiger partial charge in [0, 0.05) is 12.8 Å². The van der Waals surface area contributed by atoms with Gasteiger partial charge in [-0.05, 0) is 5.57 Å². The van der Waals surface area contributed by atoms with Crippen LogP contribution < -0.4 is 17.7 Å². The van der Waals surface area contributed by atoms with E-state index in [1.54, 1.807) is 0 Å². The number of ether oxygens (including phenoxy) is 1. The van der Waals surface area contributed by atoms with Gasteiger partial charge < -0.3 is 22.5 Å². The molecular formula is C13H18ClNO2. The van der Waals surface area contributed by atoms with Gasteiger partial charge in [-0.25, -0.2) is 0 Å². The van der Waals surface area contributed by atoms with Gasteiger partial charge in [-0.2, -0.15) is 0 Å². The Morgan fingerprint density at radius 1 is 1.35 bits per heavy atom. The normalized spacial score (nSPS) is 23.2. The second-order valence-corrected chi connectivity index (χ2v) is 4.17. The first-order valence-electron chi connectivity index (χ1n) is 5.79. The Kier molecular flexibility index (Phi) is 5.45. The van der Waals surface area contributed by atoms with E-state index in [1.165, 1.54) is 12.7 Å². The molecule has 1 saturated heterocycles. The molecule has 1 aliphatic heterocycles. The summed E-state index contributed by atoms with van der Waals surface area (Å²) in [6.45, 7) is 2.26. The van der Waals surface area contributed by atoms with Gasteiger partial charge in [0.2, 0.25) is 0 Å². The third kappa shape index (κ3) is 3.20. The summed E-state index contributed by atoms with van der Waals surface area (Å²) >= 11 is 0. The fourth-order valence-electron chi connectivity index (χ4n) is 2.32. The molecule has 0 bridgehead atoms. The highest BCUT2D eigenvalue weighted by molar-refractivity contribution is 5.79. The standard InChI is InChI=1S/C13H17NO2.ClH/c1-16-13(15)12-5-3-2-4-11(12)10-6-8-14-9-7-10;/h2-5,12,14H,6-9H2,1H3;1H. The average Bonchev–Trinajstić information content (AvgIpc) is 2.39. The molecule has 0 aromatic rings. The van der Waals surface area contributed by atoms with Gasteiger partial charge in [-0.15, -0.1) is 0 Å². The van der Waals surface area contributed by atoms with E-state index in [0.717, 1.165) is 31.5 Å². The molecule has 0 spiro atoms. The van der Waals surface area contributed by atoms with Crippen LogP contribution in [0.3, 0.4) is 0 Å². The number of piperidine rings is 1. The van der Waals surface area contributed by atoms with Crippen LogP contribution in [0, 0.1) is 5.92 Å². The number of methoxy groups -OCH3 is 1. The van der Waals surface area contributed by atoms with Crippen LogP contribution in [-0.2, 0) is 9.53 Å². The number of quaternary nitrogens is 1. The van der Waals surface area contributed by atoms with E-state index < -0.39 is 0 Å². The minimum atomic E-state index is -0.192. The van der Waals surface area contributed by atoms with Crippen molar-refractivity contribution in [2.75, 3.05) is 20.2 Å². The van der Waals surface area contributed by atoms with Crippen LogP contribution in [0.2, 0.25) is 0 Å². The Balaban J connectivity index is 0.00000144. The zero-order chi connectivity index (χ0) is 11.4. The lowest BCUT2D eigenvalue weighted by Gasteiger charge is -2.21. The molecule has 2 rings (SSSR count). The molecule has 0 radical (unpaired) electrons. The van der Waals surface area contributed by atoms with Gasteiger partial charge in [-0.3, -0.25) is 4.79 Å². The number of hydrogen-bond donors (Lipinski definition) is 1. The van der Waals surface area contributed by atoms with E-state index in [4.69, 9.17) is 4.74 Å². The highest BCUT2D eigenvalue weighted by atomic mass is 35.5. The largest absolute Gasteiger partial charge is 1.00 e. The van der Waals surface area contributed by atoms with Crippen LogP contribution in [0.4, 0.5) is 0 Å². The van der Waals surface area contributed by atoms with Gasteiger partial charge >= 0.3 is 5.97 Å². The number of hydrogen-bond acceptors (Lipinski definition) is 2. The molecule has 2 aliphatic rings. The summed E-state index contributed by atoms with van der Waals surface area (Å²) in [7, 11) is 1.45. The molecule has 94 valence electrons. The summed E-state index contributed by atoms with van der Waals surface area (Å²) in [4.78, 5) is 11.7. The first kappa shape index (κ1) is 14.0. The number of carbonyl (C=O) groups is 1. The fraction of sp³-hybridized carbons (Fsp3) is 0.462. The van der Waals surface area contributed by atoms with Crippen molar-refractivity contribution >= 4 is 5.97 Å². The highest BCUT2D eigenvalue weighted by Gasteiger charge is 2.24. The van der Waals surface area contributed by atoms with Gasteiger partial charge in [-0.1, -0.05) is 29.9 Å². The highest BCUT2D eigenvalue weighted by Crippen LogP contribution is 2.27. The van der Waals surface area contributed by atoms with Gasteiger partial charge in [0.25, 0.3) is 0 Å². The maximum atomic E-state index is 11.7. The molecule has 1 fully saturated rings. The molecule has 0 saturated carbocycles. The Hall–Kier alpha value is -1.06.